The zero-order valence-electron chi connectivity index (χ0n) is 11.2. The summed E-state index contributed by atoms with van der Waals surface area (Å²) >= 11 is 0. The van der Waals surface area contributed by atoms with Crippen LogP contribution in [0.1, 0.15) is 10.4 Å². The molecule has 110 valence electrons. The third-order valence-corrected chi connectivity index (χ3v) is 4.16. The lowest BCUT2D eigenvalue weighted by molar-refractivity contribution is 0.100. The Balaban J connectivity index is 2.43. The quantitative estimate of drug-likeness (QED) is 0.876. The zero-order valence-corrected chi connectivity index (χ0v) is 12.1. The van der Waals surface area contributed by atoms with Gasteiger partial charge in [0.25, 0.3) is 10.0 Å². The van der Waals surface area contributed by atoms with Gasteiger partial charge in [0, 0.05) is 5.56 Å². The van der Waals surface area contributed by atoms with Crippen LogP contribution in [0.5, 0.6) is 5.75 Å². The molecule has 3 N–H and O–H groups in total. The number of hydrogen-bond acceptors (Lipinski definition) is 4. The number of hydrogen-bond donors (Lipinski definition) is 2. The summed E-state index contributed by atoms with van der Waals surface area (Å²) < 4.78 is 32.0. The van der Waals surface area contributed by atoms with E-state index in [1.54, 1.807) is 18.2 Å². The minimum atomic E-state index is -3.77. The Morgan fingerprint density at radius 1 is 1.14 bits per heavy atom. The van der Waals surface area contributed by atoms with E-state index in [2.05, 4.69) is 4.72 Å². The highest BCUT2D eigenvalue weighted by Gasteiger charge is 2.17. The van der Waals surface area contributed by atoms with Crippen LogP contribution in [-0.2, 0) is 10.0 Å². The second-order valence-electron chi connectivity index (χ2n) is 4.20. The van der Waals surface area contributed by atoms with E-state index in [1.807, 2.05) is 0 Å². The first-order chi connectivity index (χ1) is 9.94. The van der Waals surface area contributed by atoms with E-state index in [9.17, 15) is 13.2 Å². The summed E-state index contributed by atoms with van der Waals surface area (Å²) in [6, 6.07) is 12.1. The van der Waals surface area contributed by atoms with Crippen molar-refractivity contribution < 1.29 is 17.9 Å². The number of carbonyl (C=O) groups excluding carboxylic acids is 1. The Bertz CT molecular complexity index is 758. The second kappa shape index (κ2) is 5.84. The average molecular weight is 306 g/mol. The second-order valence-corrected chi connectivity index (χ2v) is 5.88. The smallest absolute Gasteiger partial charge is 0.262 e. The van der Waals surface area contributed by atoms with Crippen LogP contribution in [0, 0.1) is 0 Å². The lowest BCUT2D eigenvalue weighted by atomic mass is 10.2. The summed E-state index contributed by atoms with van der Waals surface area (Å²) in [5, 5.41) is 0. The number of sulfonamides is 1. The van der Waals surface area contributed by atoms with Crippen molar-refractivity contribution in [2.45, 2.75) is 4.90 Å². The standard InChI is InChI=1S/C14H14N2O4S/c1-20-13-8-7-10(14(15)17)9-12(13)16-21(18,19)11-5-3-2-4-6-11/h2-9,16H,1H3,(H2,15,17). The summed E-state index contributed by atoms with van der Waals surface area (Å²) in [5.74, 6) is -0.364. The summed E-state index contributed by atoms with van der Waals surface area (Å²) in [6.07, 6.45) is 0. The molecule has 2 aromatic rings. The van der Waals surface area contributed by atoms with Crippen LogP contribution in [0.4, 0.5) is 5.69 Å². The Kier molecular flexibility index (Phi) is 4.13. The average Bonchev–Trinajstić information content (AvgIpc) is 2.47. The van der Waals surface area contributed by atoms with E-state index < -0.39 is 15.9 Å². The van der Waals surface area contributed by atoms with Gasteiger partial charge in [-0.05, 0) is 30.3 Å². The van der Waals surface area contributed by atoms with E-state index in [1.165, 1.54) is 37.4 Å². The highest BCUT2D eigenvalue weighted by molar-refractivity contribution is 7.92. The summed E-state index contributed by atoms with van der Waals surface area (Å²) in [7, 11) is -2.37. The minimum absolute atomic E-state index is 0.108. The van der Waals surface area contributed by atoms with E-state index >= 15 is 0 Å². The van der Waals surface area contributed by atoms with Crippen LogP contribution in [-0.4, -0.2) is 21.4 Å². The minimum Gasteiger partial charge on any atom is -0.495 e. The maximum absolute atomic E-state index is 12.3. The molecule has 0 saturated carbocycles. The van der Waals surface area contributed by atoms with Crippen molar-refractivity contribution in [3.8, 4) is 5.75 Å². The molecule has 0 heterocycles. The molecule has 0 aliphatic rings. The third kappa shape index (κ3) is 3.32. The number of ether oxygens (including phenoxy) is 1. The number of methoxy groups -OCH3 is 1. The van der Waals surface area contributed by atoms with Crippen LogP contribution in [0.2, 0.25) is 0 Å². The van der Waals surface area contributed by atoms with Crippen molar-refractivity contribution in [2.75, 3.05) is 11.8 Å². The van der Waals surface area contributed by atoms with Crippen molar-refractivity contribution >= 4 is 21.6 Å². The largest absolute Gasteiger partial charge is 0.495 e. The van der Waals surface area contributed by atoms with E-state index in [0.717, 1.165) is 0 Å². The first kappa shape index (κ1) is 14.9. The van der Waals surface area contributed by atoms with Crippen LogP contribution in [0.25, 0.3) is 0 Å². The number of carbonyl (C=O) groups is 1. The summed E-state index contributed by atoms with van der Waals surface area (Å²) in [6.45, 7) is 0. The Hall–Kier alpha value is -2.54. The first-order valence-electron chi connectivity index (χ1n) is 6.00. The van der Waals surface area contributed by atoms with Gasteiger partial charge in [-0.1, -0.05) is 18.2 Å². The predicted octanol–water partition coefficient (Wildman–Crippen LogP) is 1.59. The van der Waals surface area contributed by atoms with Gasteiger partial charge in [0.15, 0.2) is 0 Å². The van der Waals surface area contributed by atoms with Gasteiger partial charge in [-0.2, -0.15) is 0 Å². The topological polar surface area (TPSA) is 98.5 Å². The highest BCUT2D eigenvalue weighted by atomic mass is 32.2. The van der Waals surface area contributed by atoms with Crippen molar-refractivity contribution in [1.29, 1.82) is 0 Å². The molecule has 0 bridgehead atoms. The van der Waals surface area contributed by atoms with Crippen LogP contribution < -0.4 is 15.2 Å². The number of rotatable bonds is 5. The fourth-order valence-electron chi connectivity index (χ4n) is 1.74. The van der Waals surface area contributed by atoms with E-state index in [4.69, 9.17) is 10.5 Å². The van der Waals surface area contributed by atoms with E-state index in [-0.39, 0.29) is 16.1 Å². The molecule has 0 aliphatic heterocycles. The molecule has 0 aromatic heterocycles. The SMILES string of the molecule is COc1ccc(C(N)=O)cc1NS(=O)(=O)c1ccccc1. The van der Waals surface area contributed by atoms with Crippen molar-refractivity contribution in [3.63, 3.8) is 0 Å². The molecular weight excluding hydrogens is 292 g/mol. The van der Waals surface area contributed by atoms with Gasteiger partial charge in [-0.15, -0.1) is 0 Å². The lowest BCUT2D eigenvalue weighted by Crippen LogP contribution is -2.15. The molecule has 2 aromatic carbocycles. The molecule has 2 rings (SSSR count). The fraction of sp³-hybridized carbons (Fsp3) is 0.0714. The van der Waals surface area contributed by atoms with Gasteiger partial charge < -0.3 is 10.5 Å². The number of nitrogens with two attached hydrogens (primary N) is 1. The molecule has 0 fully saturated rings. The van der Waals surface area contributed by atoms with Crippen LogP contribution in [0.15, 0.2) is 53.4 Å². The molecule has 21 heavy (non-hydrogen) atoms. The van der Waals surface area contributed by atoms with Crippen molar-refractivity contribution in [2.24, 2.45) is 5.73 Å². The molecule has 0 radical (unpaired) electrons. The van der Waals surface area contributed by atoms with Gasteiger partial charge in [0.1, 0.15) is 5.75 Å². The molecule has 7 heteroatoms. The Morgan fingerprint density at radius 2 is 1.81 bits per heavy atom. The normalized spacial score (nSPS) is 10.9. The molecular formula is C14H14N2O4S. The Labute approximate surface area is 122 Å². The maximum atomic E-state index is 12.3. The number of amides is 1. The van der Waals surface area contributed by atoms with Crippen molar-refractivity contribution in [1.82, 2.24) is 0 Å². The van der Waals surface area contributed by atoms with Crippen LogP contribution in [0.3, 0.4) is 0 Å². The molecule has 0 unspecified atom stereocenters. The summed E-state index contributed by atoms with van der Waals surface area (Å²) in [4.78, 5) is 11.3. The maximum Gasteiger partial charge on any atom is 0.262 e. The van der Waals surface area contributed by atoms with Gasteiger partial charge >= 0.3 is 0 Å². The monoisotopic (exact) mass is 306 g/mol. The number of anilines is 1. The predicted molar refractivity (Wildman–Crippen MR) is 78.8 cm³/mol. The molecule has 1 amide bonds. The first-order valence-corrected chi connectivity index (χ1v) is 7.48. The number of benzene rings is 2. The molecule has 6 nitrogen and oxygen atoms in total. The third-order valence-electron chi connectivity index (χ3n) is 2.78. The van der Waals surface area contributed by atoms with Gasteiger partial charge in [-0.3, -0.25) is 9.52 Å². The molecule has 0 spiro atoms. The fourth-order valence-corrected chi connectivity index (χ4v) is 2.83. The zero-order chi connectivity index (χ0) is 15.5. The Morgan fingerprint density at radius 3 is 2.38 bits per heavy atom. The van der Waals surface area contributed by atoms with Crippen molar-refractivity contribution in [3.05, 3.63) is 54.1 Å². The molecule has 0 aliphatic carbocycles. The summed E-state index contributed by atoms with van der Waals surface area (Å²) in [5.41, 5.74) is 5.52. The highest BCUT2D eigenvalue weighted by Crippen LogP contribution is 2.27. The van der Waals surface area contributed by atoms with Crippen LogP contribution >= 0.6 is 0 Å². The van der Waals surface area contributed by atoms with Gasteiger partial charge in [0.2, 0.25) is 5.91 Å². The number of nitrogens with one attached hydrogen (secondary N) is 1. The molecule has 0 saturated heterocycles. The lowest BCUT2D eigenvalue weighted by Gasteiger charge is -2.12. The number of primary amides is 1. The molecule has 0 atom stereocenters. The van der Waals surface area contributed by atoms with E-state index in [0.29, 0.717) is 5.75 Å². The van der Waals surface area contributed by atoms with Gasteiger partial charge in [-0.25, -0.2) is 8.42 Å². The van der Waals surface area contributed by atoms with Gasteiger partial charge in [0.05, 0.1) is 17.7 Å².